The van der Waals surface area contributed by atoms with Gasteiger partial charge in [0.2, 0.25) is 5.91 Å². The predicted molar refractivity (Wildman–Crippen MR) is 136 cm³/mol. The minimum atomic E-state index is -3.68. The molecule has 174 valence electrons. The van der Waals surface area contributed by atoms with Crippen molar-refractivity contribution in [3.8, 4) is 0 Å². The molecule has 33 heavy (non-hydrogen) atoms. The van der Waals surface area contributed by atoms with Crippen molar-refractivity contribution in [2.45, 2.75) is 47.8 Å². The minimum absolute atomic E-state index is 0.0959. The second kappa shape index (κ2) is 11.1. The van der Waals surface area contributed by atoms with Crippen molar-refractivity contribution >= 4 is 60.8 Å². The van der Waals surface area contributed by atoms with Crippen LogP contribution in [0.15, 0.2) is 62.8 Å². The van der Waals surface area contributed by atoms with Crippen LogP contribution >= 0.6 is 23.1 Å². The summed E-state index contributed by atoms with van der Waals surface area (Å²) in [6.45, 7) is 0.655. The van der Waals surface area contributed by atoms with E-state index in [0.29, 0.717) is 30.9 Å². The molecule has 10 heteroatoms. The maximum Gasteiger partial charge on any atom is 0.262 e. The summed E-state index contributed by atoms with van der Waals surface area (Å²) in [7, 11) is -3.68. The number of hydrogen-bond donors (Lipinski definition) is 2. The number of sulfonamides is 1. The number of thiazole rings is 1. The highest BCUT2D eigenvalue weighted by Gasteiger charge is 2.17. The molecule has 0 bridgehead atoms. The van der Waals surface area contributed by atoms with Crippen LogP contribution in [0.2, 0.25) is 0 Å². The Morgan fingerprint density at radius 3 is 2.70 bits per heavy atom. The molecule has 1 aliphatic rings. The molecule has 3 aromatic rings. The number of aliphatic imine (C=N–C) groups is 1. The summed E-state index contributed by atoms with van der Waals surface area (Å²) in [5.41, 5.74) is 1.58. The zero-order chi connectivity index (χ0) is 23.1. The molecule has 0 fully saturated rings. The normalized spacial score (nSPS) is 14.5. The SMILES string of the molecule is O=C(CCCSc1nc2ccccc2s1)Nc1ccc(S(=O)(=O)NC2=NCCCCC2)cc1. The van der Waals surface area contributed by atoms with Crippen LogP contribution in [-0.2, 0) is 14.8 Å². The third kappa shape index (κ3) is 6.78. The van der Waals surface area contributed by atoms with Gasteiger partial charge in [-0.1, -0.05) is 30.3 Å². The largest absolute Gasteiger partial charge is 0.326 e. The Morgan fingerprint density at radius 1 is 1.06 bits per heavy atom. The number of carbonyl (C=O) groups is 1. The lowest BCUT2D eigenvalue weighted by Crippen LogP contribution is -2.30. The number of amides is 1. The van der Waals surface area contributed by atoms with Gasteiger partial charge in [0.25, 0.3) is 10.0 Å². The summed E-state index contributed by atoms with van der Waals surface area (Å²) in [4.78, 5) is 21.3. The van der Waals surface area contributed by atoms with Crippen molar-refractivity contribution in [1.82, 2.24) is 9.71 Å². The molecule has 0 atom stereocenters. The van der Waals surface area contributed by atoms with E-state index in [0.717, 1.165) is 41.3 Å². The van der Waals surface area contributed by atoms with Crippen molar-refractivity contribution in [3.05, 3.63) is 48.5 Å². The lowest BCUT2D eigenvalue weighted by molar-refractivity contribution is -0.116. The summed E-state index contributed by atoms with van der Waals surface area (Å²) >= 11 is 3.32. The first-order valence-electron chi connectivity index (χ1n) is 10.9. The first kappa shape index (κ1) is 23.7. The van der Waals surface area contributed by atoms with Crippen LogP contribution in [0.1, 0.15) is 38.5 Å². The molecule has 2 aromatic carbocycles. The van der Waals surface area contributed by atoms with Gasteiger partial charge in [-0.3, -0.25) is 14.5 Å². The van der Waals surface area contributed by atoms with E-state index in [4.69, 9.17) is 0 Å². The number of thioether (sulfide) groups is 1. The minimum Gasteiger partial charge on any atom is -0.326 e. The number of nitrogens with one attached hydrogen (secondary N) is 2. The molecule has 0 unspecified atom stereocenters. The molecule has 1 aliphatic heterocycles. The van der Waals surface area contributed by atoms with E-state index in [9.17, 15) is 13.2 Å². The van der Waals surface area contributed by atoms with Crippen LogP contribution in [0, 0.1) is 0 Å². The first-order chi connectivity index (χ1) is 16.0. The van der Waals surface area contributed by atoms with Crippen molar-refractivity contribution in [2.24, 2.45) is 4.99 Å². The Kier molecular flexibility index (Phi) is 8.00. The van der Waals surface area contributed by atoms with Crippen molar-refractivity contribution in [3.63, 3.8) is 0 Å². The van der Waals surface area contributed by atoms with Crippen molar-refractivity contribution < 1.29 is 13.2 Å². The van der Waals surface area contributed by atoms with E-state index in [1.54, 1.807) is 35.2 Å². The van der Waals surface area contributed by atoms with Crippen LogP contribution in [0.25, 0.3) is 10.2 Å². The van der Waals surface area contributed by atoms with E-state index in [1.165, 1.54) is 16.8 Å². The molecule has 0 aliphatic carbocycles. The number of anilines is 1. The van der Waals surface area contributed by atoms with Gasteiger partial charge < -0.3 is 5.32 Å². The molecular formula is C23H26N4O3S3. The standard InChI is InChI=1S/C23H26N4O3S3/c28-22(10-6-16-31-23-26-19-7-3-4-8-20(19)32-23)25-17-11-13-18(14-12-17)33(29,30)27-21-9-2-1-5-15-24-21/h3-4,7-8,11-14H,1-2,5-6,9-10,15-16H2,(H,24,27)(H,25,28). The number of nitrogens with zero attached hydrogens (tertiary/aromatic N) is 2. The third-order valence-corrected chi connectivity index (χ3v) is 8.79. The molecule has 0 saturated carbocycles. The van der Waals surface area contributed by atoms with E-state index < -0.39 is 10.0 Å². The number of para-hydroxylation sites is 1. The summed E-state index contributed by atoms with van der Waals surface area (Å²) in [6, 6.07) is 14.3. The molecule has 4 rings (SSSR count). The molecule has 0 radical (unpaired) electrons. The van der Waals surface area contributed by atoms with Gasteiger partial charge in [-0.25, -0.2) is 13.4 Å². The number of amidine groups is 1. The summed E-state index contributed by atoms with van der Waals surface area (Å²) in [6.07, 6.45) is 4.74. The maximum absolute atomic E-state index is 12.6. The van der Waals surface area contributed by atoms with Gasteiger partial charge in [-0.15, -0.1) is 11.3 Å². The number of benzene rings is 2. The van der Waals surface area contributed by atoms with E-state index in [1.807, 2.05) is 18.2 Å². The van der Waals surface area contributed by atoms with Gasteiger partial charge in [0, 0.05) is 30.8 Å². The van der Waals surface area contributed by atoms with Gasteiger partial charge in [0.1, 0.15) is 5.84 Å². The van der Waals surface area contributed by atoms with Crippen LogP contribution in [0.5, 0.6) is 0 Å². The lowest BCUT2D eigenvalue weighted by atomic mass is 10.2. The second-order valence-electron chi connectivity index (χ2n) is 7.72. The zero-order valence-corrected chi connectivity index (χ0v) is 20.6. The molecule has 2 N–H and O–H groups in total. The average Bonchev–Trinajstić information content (AvgIpc) is 3.05. The number of hydrogen-bond acceptors (Lipinski definition) is 7. The van der Waals surface area contributed by atoms with Crippen LogP contribution in [-0.4, -0.2) is 37.4 Å². The Labute approximate surface area is 202 Å². The van der Waals surface area contributed by atoms with Gasteiger partial charge in [0.15, 0.2) is 4.34 Å². The number of rotatable bonds is 8. The summed E-state index contributed by atoms with van der Waals surface area (Å²) < 4.78 is 30.0. The second-order valence-corrected chi connectivity index (χ2v) is 11.8. The zero-order valence-electron chi connectivity index (χ0n) is 18.1. The Hall–Kier alpha value is -2.43. The molecule has 1 aromatic heterocycles. The average molecular weight is 503 g/mol. The summed E-state index contributed by atoms with van der Waals surface area (Å²) in [5, 5.41) is 2.83. The fraction of sp³-hybridized carbons (Fsp3) is 0.348. The third-order valence-electron chi connectivity index (χ3n) is 5.12. The van der Waals surface area contributed by atoms with Crippen molar-refractivity contribution in [1.29, 1.82) is 0 Å². The van der Waals surface area contributed by atoms with Gasteiger partial charge in [0.05, 0.1) is 15.1 Å². The van der Waals surface area contributed by atoms with E-state index in [2.05, 4.69) is 26.1 Å². The quantitative estimate of drug-likeness (QED) is 0.331. The number of aromatic nitrogens is 1. The Bertz CT molecular complexity index is 1200. The van der Waals surface area contributed by atoms with E-state index in [-0.39, 0.29) is 10.8 Å². The highest BCUT2D eigenvalue weighted by molar-refractivity contribution is 8.01. The fourth-order valence-electron chi connectivity index (χ4n) is 3.42. The predicted octanol–water partition coefficient (Wildman–Crippen LogP) is 5.06. The topological polar surface area (TPSA) is 101 Å². The molecule has 2 heterocycles. The van der Waals surface area contributed by atoms with Crippen LogP contribution in [0.4, 0.5) is 5.69 Å². The number of fused-ring (bicyclic) bond motifs is 1. The highest BCUT2D eigenvalue weighted by atomic mass is 32.2. The smallest absolute Gasteiger partial charge is 0.262 e. The summed E-state index contributed by atoms with van der Waals surface area (Å²) in [5.74, 6) is 1.23. The Morgan fingerprint density at radius 2 is 1.88 bits per heavy atom. The van der Waals surface area contributed by atoms with Gasteiger partial charge in [-0.2, -0.15) is 0 Å². The van der Waals surface area contributed by atoms with Gasteiger partial charge >= 0.3 is 0 Å². The molecule has 1 amide bonds. The molecule has 0 saturated heterocycles. The van der Waals surface area contributed by atoms with Gasteiger partial charge in [-0.05, 0) is 55.7 Å². The van der Waals surface area contributed by atoms with Crippen molar-refractivity contribution in [2.75, 3.05) is 17.6 Å². The monoisotopic (exact) mass is 502 g/mol. The van der Waals surface area contributed by atoms with Crippen LogP contribution < -0.4 is 10.0 Å². The van der Waals surface area contributed by atoms with E-state index >= 15 is 0 Å². The fourth-order valence-corrected chi connectivity index (χ4v) is 6.58. The Balaban J connectivity index is 1.23. The molecule has 0 spiro atoms. The molecule has 7 nitrogen and oxygen atoms in total. The van der Waals surface area contributed by atoms with Crippen LogP contribution in [0.3, 0.4) is 0 Å². The first-order valence-corrected chi connectivity index (χ1v) is 14.2. The lowest BCUT2D eigenvalue weighted by Gasteiger charge is -2.10. The maximum atomic E-state index is 12.6. The number of carbonyl (C=O) groups excluding carboxylic acids is 1. The highest BCUT2D eigenvalue weighted by Crippen LogP contribution is 2.29. The molecular weight excluding hydrogens is 476 g/mol.